The van der Waals surface area contributed by atoms with E-state index in [1.807, 2.05) is 0 Å². The number of alkyl halides is 3. The molecule has 1 N–H and O–H groups in total. The summed E-state index contributed by atoms with van der Waals surface area (Å²) in [6, 6.07) is 15.9. The first-order valence-corrected chi connectivity index (χ1v) is 12.1. The Morgan fingerprint density at radius 2 is 1.42 bits per heavy atom. The summed E-state index contributed by atoms with van der Waals surface area (Å²) in [6.07, 6.45) is -4.88. The Balaban J connectivity index is 1.71. The van der Waals surface area contributed by atoms with Crippen LogP contribution in [0.2, 0.25) is 0 Å². The fourth-order valence-electron chi connectivity index (χ4n) is 3.37. The highest BCUT2D eigenvalue weighted by Crippen LogP contribution is 2.31. The van der Waals surface area contributed by atoms with Crippen LogP contribution in [0.3, 0.4) is 0 Å². The fraction of sp³-hybridized carbons (Fsp3) is 0.167. The van der Waals surface area contributed by atoms with E-state index in [0.29, 0.717) is 28.2 Å². The van der Waals surface area contributed by atoms with Crippen LogP contribution in [0.5, 0.6) is 17.2 Å². The number of para-hydroxylation sites is 2. The van der Waals surface area contributed by atoms with Crippen molar-refractivity contribution in [3.05, 3.63) is 72.4 Å². The van der Waals surface area contributed by atoms with E-state index >= 15 is 0 Å². The molecule has 0 atom stereocenters. The van der Waals surface area contributed by atoms with Gasteiger partial charge in [0, 0.05) is 23.9 Å². The van der Waals surface area contributed by atoms with Gasteiger partial charge in [0.2, 0.25) is 0 Å². The van der Waals surface area contributed by atoms with Crippen molar-refractivity contribution in [1.29, 1.82) is 0 Å². The van der Waals surface area contributed by atoms with Crippen molar-refractivity contribution in [1.82, 2.24) is 9.97 Å². The normalized spacial score (nSPS) is 11.8. The third kappa shape index (κ3) is 5.95. The largest absolute Gasteiger partial charge is 0.573 e. The maximum absolute atomic E-state index is 13.1. The molecule has 36 heavy (non-hydrogen) atoms. The standard InChI is InChI=1S/C24H20F3N3O5S/c1-33-17-11-15(12-18(13-17)34-2)28-23-22(29-20-5-3-4-6-21(20)30-23)14-36(31,32)19-9-7-16(8-10-19)35-24(25,26)27/h3-13H,14H2,1-2H3,(H,28,30). The maximum Gasteiger partial charge on any atom is 0.573 e. The summed E-state index contributed by atoms with van der Waals surface area (Å²) in [5.74, 6) is 0.0982. The molecule has 0 amide bonds. The van der Waals surface area contributed by atoms with Gasteiger partial charge in [0.15, 0.2) is 15.7 Å². The van der Waals surface area contributed by atoms with Gasteiger partial charge in [-0.1, -0.05) is 12.1 Å². The van der Waals surface area contributed by atoms with Gasteiger partial charge in [-0.2, -0.15) is 0 Å². The number of fused-ring (bicyclic) bond motifs is 1. The zero-order valence-corrected chi connectivity index (χ0v) is 19.9. The van der Waals surface area contributed by atoms with E-state index in [2.05, 4.69) is 20.0 Å². The smallest absolute Gasteiger partial charge is 0.497 e. The van der Waals surface area contributed by atoms with Crippen molar-refractivity contribution in [2.45, 2.75) is 17.0 Å². The van der Waals surface area contributed by atoms with Gasteiger partial charge in [-0.15, -0.1) is 13.2 Å². The SMILES string of the molecule is COc1cc(Nc2nc3ccccc3nc2CS(=O)(=O)c2ccc(OC(F)(F)F)cc2)cc(OC)c1. The number of sulfone groups is 1. The molecule has 8 nitrogen and oxygen atoms in total. The molecule has 0 aliphatic rings. The van der Waals surface area contributed by atoms with Crippen molar-refractivity contribution < 1.29 is 35.8 Å². The lowest BCUT2D eigenvalue weighted by atomic mass is 10.2. The van der Waals surface area contributed by atoms with Gasteiger partial charge in [-0.25, -0.2) is 18.4 Å². The molecule has 0 unspecified atom stereocenters. The lowest BCUT2D eigenvalue weighted by Crippen LogP contribution is -2.17. The Morgan fingerprint density at radius 1 is 0.833 bits per heavy atom. The summed E-state index contributed by atoms with van der Waals surface area (Å²) in [5, 5.41) is 3.08. The molecule has 12 heteroatoms. The second-order valence-corrected chi connectivity index (χ2v) is 9.50. The summed E-state index contributed by atoms with van der Waals surface area (Å²) in [5.41, 5.74) is 1.64. The van der Waals surface area contributed by atoms with E-state index in [-0.39, 0.29) is 16.4 Å². The van der Waals surface area contributed by atoms with Crippen molar-refractivity contribution in [3.8, 4) is 17.2 Å². The van der Waals surface area contributed by atoms with Gasteiger partial charge in [0.25, 0.3) is 0 Å². The molecular weight excluding hydrogens is 499 g/mol. The van der Waals surface area contributed by atoms with Crippen LogP contribution in [-0.4, -0.2) is 39.0 Å². The van der Waals surface area contributed by atoms with Crippen LogP contribution in [0.1, 0.15) is 5.69 Å². The minimum atomic E-state index is -4.88. The van der Waals surface area contributed by atoms with Crippen molar-refractivity contribution in [2.75, 3.05) is 19.5 Å². The molecule has 4 aromatic rings. The van der Waals surface area contributed by atoms with Crippen LogP contribution >= 0.6 is 0 Å². The number of nitrogens with one attached hydrogen (secondary N) is 1. The molecule has 0 aliphatic carbocycles. The van der Waals surface area contributed by atoms with Crippen molar-refractivity contribution in [2.24, 2.45) is 0 Å². The number of rotatable bonds is 8. The Kier molecular flexibility index (Phi) is 6.88. The van der Waals surface area contributed by atoms with Crippen LogP contribution in [0.15, 0.2) is 71.6 Å². The average molecular weight is 520 g/mol. The van der Waals surface area contributed by atoms with Crippen molar-refractivity contribution in [3.63, 3.8) is 0 Å². The van der Waals surface area contributed by atoms with Gasteiger partial charge in [-0.3, -0.25) is 0 Å². The second-order valence-electron chi connectivity index (χ2n) is 7.51. The maximum atomic E-state index is 13.1. The zero-order valence-electron chi connectivity index (χ0n) is 19.0. The summed E-state index contributed by atoms with van der Waals surface area (Å²) in [6.45, 7) is 0. The molecule has 188 valence electrons. The molecule has 3 aromatic carbocycles. The number of ether oxygens (including phenoxy) is 3. The lowest BCUT2D eigenvalue weighted by molar-refractivity contribution is -0.274. The van der Waals surface area contributed by atoms with Crippen LogP contribution in [-0.2, 0) is 15.6 Å². The molecular formula is C24H20F3N3O5S. The molecule has 0 saturated heterocycles. The van der Waals surface area contributed by atoms with E-state index in [1.54, 1.807) is 42.5 Å². The third-order valence-electron chi connectivity index (χ3n) is 5.00. The number of nitrogens with zero attached hydrogens (tertiary/aromatic N) is 2. The number of hydrogen-bond acceptors (Lipinski definition) is 8. The Hall–Kier alpha value is -4.06. The molecule has 1 aromatic heterocycles. The van der Waals surface area contributed by atoms with E-state index < -0.39 is 27.7 Å². The van der Waals surface area contributed by atoms with Crippen LogP contribution in [0.25, 0.3) is 11.0 Å². The molecule has 0 fully saturated rings. The monoisotopic (exact) mass is 519 g/mol. The van der Waals surface area contributed by atoms with Crippen LogP contribution < -0.4 is 19.5 Å². The van der Waals surface area contributed by atoms with Gasteiger partial charge < -0.3 is 19.5 Å². The van der Waals surface area contributed by atoms with Crippen LogP contribution in [0, 0.1) is 0 Å². The topological polar surface area (TPSA) is 99.6 Å². The summed E-state index contributed by atoms with van der Waals surface area (Å²) in [7, 11) is -1.02. The summed E-state index contributed by atoms with van der Waals surface area (Å²) < 4.78 is 78.0. The number of anilines is 2. The van der Waals surface area contributed by atoms with Gasteiger partial charge in [-0.05, 0) is 36.4 Å². The number of halogens is 3. The van der Waals surface area contributed by atoms with E-state index in [4.69, 9.17) is 9.47 Å². The number of methoxy groups -OCH3 is 2. The Bertz CT molecular complexity index is 1470. The predicted octanol–water partition coefficient (Wildman–Crippen LogP) is 5.26. The second kappa shape index (κ2) is 9.90. The van der Waals surface area contributed by atoms with E-state index in [0.717, 1.165) is 24.3 Å². The molecule has 0 aliphatic heterocycles. The fourth-order valence-corrected chi connectivity index (χ4v) is 4.64. The molecule has 1 heterocycles. The summed E-state index contributed by atoms with van der Waals surface area (Å²) >= 11 is 0. The highest BCUT2D eigenvalue weighted by Gasteiger charge is 2.31. The van der Waals surface area contributed by atoms with E-state index in [9.17, 15) is 21.6 Å². The zero-order chi connectivity index (χ0) is 25.9. The minimum Gasteiger partial charge on any atom is -0.497 e. The minimum absolute atomic E-state index is 0.117. The highest BCUT2D eigenvalue weighted by atomic mass is 32.2. The van der Waals surface area contributed by atoms with Gasteiger partial charge >= 0.3 is 6.36 Å². The molecule has 0 bridgehead atoms. The number of aromatic nitrogens is 2. The molecule has 0 radical (unpaired) electrons. The van der Waals surface area contributed by atoms with Gasteiger partial charge in [0.1, 0.15) is 23.0 Å². The quantitative estimate of drug-likeness (QED) is 0.337. The number of hydrogen-bond donors (Lipinski definition) is 1. The first-order chi connectivity index (χ1) is 17.1. The Labute approximate surface area is 204 Å². The molecule has 0 saturated carbocycles. The lowest BCUT2D eigenvalue weighted by Gasteiger charge is -2.14. The first-order valence-electron chi connectivity index (χ1n) is 10.4. The van der Waals surface area contributed by atoms with Gasteiger partial charge in [0.05, 0.1) is 35.8 Å². The Morgan fingerprint density at radius 3 is 1.97 bits per heavy atom. The highest BCUT2D eigenvalue weighted by molar-refractivity contribution is 7.90. The van der Waals surface area contributed by atoms with E-state index in [1.165, 1.54) is 14.2 Å². The molecule has 0 spiro atoms. The number of benzene rings is 3. The first kappa shape index (κ1) is 25.0. The third-order valence-corrected chi connectivity index (χ3v) is 6.64. The van der Waals surface area contributed by atoms with Crippen molar-refractivity contribution >= 4 is 32.4 Å². The summed E-state index contributed by atoms with van der Waals surface area (Å²) in [4.78, 5) is 8.85. The predicted molar refractivity (Wildman–Crippen MR) is 126 cm³/mol. The average Bonchev–Trinajstić information content (AvgIpc) is 2.83. The van der Waals surface area contributed by atoms with Crippen LogP contribution in [0.4, 0.5) is 24.7 Å². The molecule has 4 rings (SSSR count).